The van der Waals surface area contributed by atoms with Gasteiger partial charge in [0.25, 0.3) is 0 Å². The van der Waals surface area contributed by atoms with Crippen LogP contribution < -0.4 is 4.74 Å². The van der Waals surface area contributed by atoms with Crippen LogP contribution in [0.3, 0.4) is 0 Å². The minimum absolute atomic E-state index is 0.0465. The molecule has 1 aliphatic heterocycles. The Kier molecular flexibility index (Phi) is 10.7. The van der Waals surface area contributed by atoms with E-state index >= 15 is 0 Å². The smallest absolute Gasteiger partial charge is 0.419 e. The first-order valence-corrected chi connectivity index (χ1v) is 15.4. The zero-order chi connectivity index (χ0) is 33.7. The Hall–Kier alpha value is -4.18. The highest BCUT2D eigenvalue weighted by Crippen LogP contribution is 2.35. The van der Waals surface area contributed by atoms with Crippen LogP contribution in [0.25, 0.3) is 28.3 Å². The molecule has 2 nitrogen and oxygen atoms in total. The third-order valence-corrected chi connectivity index (χ3v) is 8.21. The lowest BCUT2D eigenvalue weighted by Gasteiger charge is -2.29. The Morgan fingerprint density at radius 2 is 1.40 bits per heavy atom. The maximum atomic E-state index is 14.9. The Bertz CT molecular complexity index is 1680. The number of hydrogen-bond donors (Lipinski definition) is 0. The first-order valence-electron chi connectivity index (χ1n) is 15.4. The number of benzene rings is 4. The van der Waals surface area contributed by atoms with Gasteiger partial charge in [-0.2, -0.15) is 8.78 Å². The molecule has 0 aliphatic carbocycles. The summed E-state index contributed by atoms with van der Waals surface area (Å²) in [6.45, 7) is 2.88. The molecule has 5 rings (SSSR count). The maximum absolute atomic E-state index is 14.9. The van der Waals surface area contributed by atoms with Crippen LogP contribution in [-0.4, -0.2) is 12.7 Å². The maximum Gasteiger partial charge on any atom is 0.419 e. The predicted octanol–water partition coefficient (Wildman–Crippen LogP) is 11.6. The standard InChI is InChI=1S/C37H32F8O2/c1-2-3-4-5-22-6-13-35(46-21-22)24-9-7-23(8-10-24)25-16-30(38)29(31(39)17-25)14-15-37(44,45)47-27-11-12-28(32(40)20-27)26-18-33(41)36(43)34(42)19-26/h7-12,14-20,22,35H,2-6,13,21H2,1H3/b15-14+. The van der Waals surface area contributed by atoms with Crippen molar-refractivity contribution in [3.05, 3.63) is 119 Å². The van der Waals surface area contributed by atoms with Crippen molar-refractivity contribution in [1.29, 1.82) is 0 Å². The molecule has 10 heteroatoms. The van der Waals surface area contributed by atoms with Crippen molar-refractivity contribution in [3.8, 4) is 28.0 Å². The zero-order valence-electron chi connectivity index (χ0n) is 25.5. The van der Waals surface area contributed by atoms with E-state index in [1.807, 2.05) is 12.1 Å². The molecule has 0 amide bonds. The molecule has 0 N–H and O–H groups in total. The Morgan fingerprint density at radius 3 is 2.00 bits per heavy atom. The average molecular weight is 661 g/mol. The van der Waals surface area contributed by atoms with Gasteiger partial charge < -0.3 is 9.47 Å². The molecular weight excluding hydrogens is 628 g/mol. The second-order valence-corrected chi connectivity index (χ2v) is 11.6. The summed E-state index contributed by atoms with van der Waals surface area (Å²) in [5.41, 5.74) is 0.202. The SMILES string of the molecule is CCCCCC1CCC(c2ccc(-c3cc(F)c(/C=C/C(F)(F)Oc4ccc(-c5cc(F)c(F)c(F)c5)c(F)c4)c(F)c3)cc2)OC1. The number of alkyl halides is 2. The molecule has 0 aromatic heterocycles. The summed E-state index contributed by atoms with van der Waals surface area (Å²) in [6, 6.07) is 12.7. The van der Waals surface area contributed by atoms with Crippen molar-refractivity contribution in [1.82, 2.24) is 0 Å². The van der Waals surface area contributed by atoms with Crippen molar-refractivity contribution in [2.24, 2.45) is 5.92 Å². The fraction of sp³-hybridized carbons (Fsp3) is 0.297. The Labute approximate surface area is 267 Å². The lowest BCUT2D eigenvalue weighted by Crippen LogP contribution is -2.21. The van der Waals surface area contributed by atoms with E-state index in [1.165, 1.54) is 19.3 Å². The molecule has 1 aliphatic rings. The third-order valence-electron chi connectivity index (χ3n) is 8.21. The van der Waals surface area contributed by atoms with Crippen molar-refractivity contribution in [3.63, 3.8) is 0 Å². The number of ether oxygens (including phenoxy) is 2. The monoisotopic (exact) mass is 660 g/mol. The molecular formula is C37H32F8O2. The quantitative estimate of drug-likeness (QED) is 0.0906. The van der Waals surface area contributed by atoms with Crippen molar-refractivity contribution >= 4 is 6.08 Å². The highest BCUT2D eigenvalue weighted by atomic mass is 19.3. The number of unbranched alkanes of at least 4 members (excludes halogenated alkanes) is 2. The molecule has 4 aromatic carbocycles. The fourth-order valence-electron chi connectivity index (χ4n) is 5.66. The van der Waals surface area contributed by atoms with E-state index in [-0.39, 0.29) is 23.3 Å². The van der Waals surface area contributed by atoms with E-state index in [2.05, 4.69) is 11.7 Å². The number of rotatable bonds is 11. The van der Waals surface area contributed by atoms with E-state index in [0.29, 0.717) is 42.4 Å². The van der Waals surface area contributed by atoms with Crippen LogP contribution >= 0.6 is 0 Å². The number of halogens is 8. The van der Waals surface area contributed by atoms with Gasteiger partial charge >= 0.3 is 6.11 Å². The molecule has 1 heterocycles. The molecule has 2 unspecified atom stereocenters. The molecule has 0 spiro atoms. The van der Waals surface area contributed by atoms with Crippen LogP contribution in [0.15, 0.2) is 72.8 Å². The fourth-order valence-corrected chi connectivity index (χ4v) is 5.66. The van der Waals surface area contributed by atoms with Gasteiger partial charge in [-0.25, -0.2) is 26.3 Å². The third kappa shape index (κ3) is 8.41. The van der Waals surface area contributed by atoms with Gasteiger partial charge in [-0.3, -0.25) is 0 Å². The van der Waals surface area contributed by atoms with E-state index < -0.39 is 57.9 Å². The molecule has 47 heavy (non-hydrogen) atoms. The summed E-state index contributed by atoms with van der Waals surface area (Å²) in [5, 5.41) is 0. The van der Waals surface area contributed by atoms with Gasteiger partial charge in [-0.1, -0.05) is 50.5 Å². The van der Waals surface area contributed by atoms with Crippen LogP contribution in [0.5, 0.6) is 5.75 Å². The lowest BCUT2D eigenvalue weighted by atomic mass is 9.90. The summed E-state index contributed by atoms with van der Waals surface area (Å²) in [6.07, 6.45) is 3.19. The van der Waals surface area contributed by atoms with Crippen LogP contribution in [0, 0.1) is 40.8 Å². The minimum atomic E-state index is -4.13. The van der Waals surface area contributed by atoms with Crippen molar-refractivity contribution < 1.29 is 44.6 Å². The molecule has 248 valence electrons. The molecule has 4 aromatic rings. The molecule has 2 atom stereocenters. The van der Waals surface area contributed by atoms with Gasteiger partial charge in [0.1, 0.15) is 23.2 Å². The average Bonchev–Trinajstić information content (AvgIpc) is 3.03. The normalized spacial score (nSPS) is 17.0. The topological polar surface area (TPSA) is 18.5 Å². The van der Waals surface area contributed by atoms with Crippen LogP contribution in [0.4, 0.5) is 35.1 Å². The summed E-state index contributed by atoms with van der Waals surface area (Å²) in [5.74, 6) is -8.35. The van der Waals surface area contributed by atoms with Gasteiger partial charge in [0.15, 0.2) is 17.5 Å². The molecule has 1 saturated heterocycles. The first-order chi connectivity index (χ1) is 22.4. The largest absolute Gasteiger partial charge is 0.429 e. The minimum Gasteiger partial charge on any atom is -0.429 e. The Balaban J connectivity index is 1.23. The van der Waals surface area contributed by atoms with E-state index in [4.69, 9.17) is 4.74 Å². The summed E-state index contributed by atoms with van der Waals surface area (Å²) >= 11 is 0. The summed E-state index contributed by atoms with van der Waals surface area (Å²) in [4.78, 5) is 0. The van der Waals surface area contributed by atoms with Crippen molar-refractivity contribution in [2.75, 3.05) is 6.61 Å². The molecule has 0 saturated carbocycles. The van der Waals surface area contributed by atoms with Gasteiger partial charge in [-0.05, 0) is 89.9 Å². The molecule has 0 radical (unpaired) electrons. The predicted molar refractivity (Wildman–Crippen MR) is 164 cm³/mol. The molecule has 1 fully saturated rings. The van der Waals surface area contributed by atoms with Crippen LogP contribution in [-0.2, 0) is 4.74 Å². The van der Waals surface area contributed by atoms with Gasteiger partial charge in [-0.15, -0.1) is 0 Å². The second-order valence-electron chi connectivity index (χ2n) is 11.6. The van der Waals surface area contributed by atoms with Crippen LogP contribution in [0.2, 0.25) is 0 Å². The van der Waals surface area contributed by atoms with Crippen LogP contribution in [0.1, 0.15) is 62.7 Å². The first kappa shape index (κ1) is 34.2. The zero-order valence-corrected chi connectivity index (χ0v) is 25.5. The second kappa shape index (κ2) is 14.7. The van der Waals surface area contributed by atoms with E-state index in [1.54, 1.807) is 12.1 Å². The summed E-state index contributed by atoms with van der Waals surface area (Å²) < 4.78 is 125. The highest BCUT2D eigenvalue weighted by Gasteiger charge is 2.29. The van der Waals surface area contributed by atoms with E-state index in [9.17, 15) is 35.1 Å². The Morgan fingerprint density at radius 1 is 0.745 bits per heavy atom. The molecule has 0 bridgehead atoms. The lowest BCUT2D eigenvalue weighted by molar-refractivity contribution is -0.131. The number of hydrogen-bond acceptors (Lipinski definition) is 2. The van der Waals surface area contributed by atoms with Gasteiger partial charge in [0, 0.05) is 23.3 Å². The van der Waals surface area contributed by atoms with E-state index in [0.717, 1.165) is 49.1 Å². The van der Waals surface area contributed by atoms with Crippen molar-refractivity contribution in [2.45, 2.75) is 57.7 Å². The van der Waals surface area contributed by atoms with Gasteiger partial charge in [0.2, 0.25) is 0 Å². The van der Waals surface area contributed by atoms with Gasteiger partial charge in [0.05, 0.1) is 12.7 Å². The summed E-state index contributed by atoms with van der Waals surface area (Å²) in [7, 11) is 0. The highest BCUT2D eigenvalue weighted by molar-refractivity contribution is 5.67.